The minimum Gasteiger partial charge on any atom is -0.481 e. The van der Waals surface area contributed by atoms with Gasteiger partial charge in [-0.1, -0.05) is 65.7 Å². The number of hydrogen-bond donors (Lipinski definition) is 3. The number of piperidine rings is 2. The highest BCUT2D eigenvalue weighted by molar-refractivity contribution is 6.36. The molecule has 10 rings (SSSR count). The predicted octanol–water partition coefficient (Wildman–Crippen LogP) is 8.98. The number of rotatable bonds is 15. The van der Waals surface area contributed by atoms with E-state index in [1.165, 1.54) is 6.07 Å². The Morgan fingerprint density at radius 1 is 0.969 bits per heavy atom. The zero-order chi connectivity index (χ0) is 44.5. The number of nitriles is 1. The average molecular weight is 906 g/mol. The summed E-state index contributed by atoms with van der Waals surface area (Å²) in [5.74, 6) is -0.346. The first-order valence-corrected chi connectivity index (χ1v) is 22.4. The van der Waals surface area contributed by atoms with Gasteiger partial charge in [0, 0.05) is 66.9 Å². The van der Waals surface area contributed by atoms with Gasteiger partial charge < -0.3 is 30.0 Å². The van der Waals surface area contributed by atoms with Gasteiger partial charge in [0.15, 0.2) is 0 Å². The van der Waals surface area contributed by atoms with Crippen LogP contribution in [0.2, 0.25) is 10.0 Å². The van der Waals surface area contributed by atoms with Gasteiger partial charge in [0.1, 0.15) is 23.6 Å². The van der Waals surface area contributed by atoms with E-state index >= 15 is 0 Å². The molecule has 5 heterocycles. The number of aromatic nitrogens is 2. The molecule has 2 aromatic heterocycles. The third-order valence-electron chi connectivity index (χ3n) is 13.2. The summed E-state index contributed by atoms with van der Waals surface area (Å²) in [7, 11) is 1.59. The second-order valence-corrected chi connectivity index (χ2v) is 18.0. The molecule has 0 unspecified atom stereocenters. The maximum atomic E-state index is 14.4. The molecule has 3 N–H and O–H groups in total. The number of nitrogens with one attached hydrogen (secondary N) is 2. The molecule has 1 amide bonds. The molecule has 2 atom stereocenters. The van der Waals surface area contributed by atoms with Gasteiger partial charge in [0.05, 0.1) is 34.9 Å². The molecule has 64 heavy (non-hydrogen) atoms. The summed E-state index contributed by atoms with van der Waals surface area (Å²) in [5.41, 5.74) is 6.70. The first-order chi connectivity index (χ1) is 31.0. The van der Waals surface area contributed by atoms with Crippen LogP contribution in [-0.2, 0) is 35.7 Å². The summed E-state index contributed by atoms with van der Waals surface area (Å²) in [6.45, 7) is 1.88. The van der Waals surface area contributed by atoms with Crippen molar-refractivity contribution in [2.24, 2.45) is 5.41 Å². The van der Waals surface area contributed by atoms with Crippen molar-refractivity contribution in [1.82, 2.24) is 25.5 Å². The first kappa shape index (κ1) is 43.5. The van der Waals surface area contributed by atoms with Crippen LogP contribution in [0.25, 0.3) is 22.4 Å². The van der Waals surface area contributed by atoms with E-state index in [9.17, 15) is 24.3 Å². The largest absolute Gasteiger partial charge is 0.481 e. The quantitative estimate of drug-likeness (QED) is 0.0921. The van der Waals surface area contributed by atoms with Crippen molar-refractivity contribution in [3.05, 3.63) is 122 Å². The fourth-order valence-electron chi connectivity index (χ4n) is 9.85. The van der Waals surface area contributed by atoms with Crippen molar-refractivity contribution in [2.45, 2.75) is 89.3 Å². The standard InChI is InChI=1S/C49H47Cl2FN6O6/c1-62-45-30(23-54-24-33-9-13-43(59)55-33)8-11-41(56-45)39-7-3-6-38(44(39)51)35-4-2-5-37-36(35)10-12-42(37)64-47-40(50)21-31(25-58-27-49(48(60)61)16-14-34(58)15-17-49)46(57-47)63-26-29-18-28(22-53)19-32(52)20-29/h2-8,11,18-21,33-34,42,54H,9-10,12-17,23-27H2,1H3,(H,55,59)(H,60,61)/t33-,34?,42-,49?/m0/s1. The van der Waals surface area contributed by atoms with Crippen molar-refractivity contribution >= 4 is 35.1 Å². The fourth-order valence-corrected chi connectivity index (χ4v) is 10.4. The Hall–Kier alpha value is -5.78. The Bertz CT molecular complexity index is 2670. The molecule has 5 aromatic rings. The van der Waals surface area contributed by atoms with Crippen LogP contribution in [0.4, 0.5) is 4.39 Å². The number of aliphatic carboxylic acids is 1. The molecule has 5 aliphatic rings. The van der Waals surface area contributed by atoms with E-state index in [2.05, 4.69) is 21.6 Å². The lowest BCUT2D eigenvalue weighted by molar-refractivity contribution is -0.160. The second kappa shape index (κ2) is 18.4. The van der Waals surface area contributed by atoms with Crippen LogP contribution in [0.5, 0.6) is 17.6 Å². The molecular weight excluding hydrogens is 858 g/mol. The van der Waals surface area contributed by atoms with Gasteiger partial charge in [-0.25, -0.2) is 9.37 Å². The lowest BCUT2D eigenvalue weighted by atomic mass is 9.67. The van der Waals surface area contributed by atoms with E-state index in [4.69, 9.17) is 47.4 Å². The smallest absolute Gasteiger partial charge is 0.310 e. The Morgan fingerprint density at radius 2 is 1.77 bits per heavy atom. The number of carboxylic acids is 1. The lowest BCUT2D eigenvalue weighted by Gasteiger charge is -2.50. The van der Waals surface area contributed by atoms with E-state index in [1.807, 2.05) is 48.5 Å². The Morgan fingerprint density at radius 3 is 2.53 bits per heavy atom. The number of carboxylic acid groups (broad SMARTS) is 1. The van der Waals surface area contributed by atoms with E-state index in [1.54, 1.807) is 19.2 Å². The van der Waals surface area contributed by atoms with Crippen LogP contribution in [-0.4, -0.2) is 64.1 Å². The molecule has 4 fully saturated rings. The summed E-state index contributed by atoms with van der Waals surface area (Å²) < 4.78 is 33.0. The normalized spacial score (nSPS) is 21.3. The van der Waals surface area contributed by atoms with Crippen molar-refractivity contribution < 1.29 is 33.3 Å². The molecule has 1 saturated carbocycles. The number of carbonyl (C=O) groups is 2. The van der Waals surface area contributed by atoms with Crippen molar-refractivity contribution in [3.63, 3.8) is 0 Å². The van der Waals surface area contributed by atoms with Crippen molar-refractivity contribution in [2.75, 3.05) is 20.2 Å². The molecule has 330 valence electrons. The first-order valence-electron chi connectivity index (χ1n) is 21.6. The fraction of sp³-hybridized carbons (Fsp3) is 0.367. The maximum Gasteiger partial charge on any atom is 0.310 e. The summed E-state index contributed by atoms with van der Waals surface area (Å²) >= 11 is 14.2. The number of methoxy groups -OCH3 is 1. The van der Waals surface area contributed by atoms with Gasteiger partial charge in [0.25, 0.3) is 0 Å². The van der Waals surface area contributed by atoms with E-state index in [-0.39, 0.29) is 46.9 Å². The second-order valence-electron chi connectivity index (χ2n) is 17.2. The molecule has 2 bridgehead atoms. The number of carbonyl (C=O) groups excluding carboxylic acids is 1. The zero-order valence-electron chi connectivity index (χ0n) is 35.3. The predicted molar refractivity (Wildman–Crippen MR) is 239 cm³/mol. The van der Waals surface area contributed by atoms with Crippen molar-refractivity contribution in [1.29, 1.82) is 5.26 Å². The summed E-state index contributed by atoms with van der Waals surface area (Å²) in [6, 6.07) is 24.0. The number of fused-ring (bicyclic) bond motifs is 4. The summed E-state index contributed by atoms with van der Waals surface area (Å²) in [4.78, 5) is 35.9. The minimum atomic E-state index is -0.794. The monoisotopic (exact) mass is 904 g/mol. The van der Waals surface area contributed by atoms with Gasteiger partial charge >= 0.3 is 5.97 Å². The van der Waals surface area contributed by atoms with E-state index in [0.29, 0.717) is 86.0 Å². The Labute approximate surface area is 380 Å². The number of benzene rings is 3. The molecule has 3 aromatic carbocycles. The number of ether oxygens (including phenoxy) is 3. The lowest BCUT2D eigenvalue weighted by Crippen LogP contribution is -2.56. The highest BCUT2D eigenvalue weighted by atomic mass is 35.5. The topological polar surface area (TPSA) is 159 Å². The van der Waals surface area contributed by atoms with Gasteiger partial charge in [-0.15, -0.1) is 0 Å². The molecule has 3 aliphatic heterocycles. The van der Waals surface area contributed by atoms with E-state index < -0.39 is 23.3 Å². The SMILES string of the molecule is COc1nc(-c2cccc(-c3cccc4c3CC[C@@H]4Oc3nc(OCc4cc(F)cc(C#N)c4)c(CN4CC5(C(=O)O)CCC4CC5)cc3Cl)c2Cl)ccc1CNC[C@@H]1CCC(=O)N1. The Balaban J connectivity index is 0.964. The van der Waals surface area contributed by atoms with Crippen LogP contribution in [0.3, 0.4) is 0 Å². The molecule has 15 heteroatoms. The van der Waals surface area contributed by atoms with Crippen LogP contribution in [0.1, 0.15) is 84.4 Å². The number of pyridine rings is 2. The van der Waals surface area contributed by atoms with Crippen LogP contribution in [0, 0.1) is 22.6 Å². The number of hydrogen-bond acceptors (Lipinski definition) is 10. The van der Waals surface area contributed by atoms with Crippen molar-refractivity contribution in [3.8, 4) is 46.1 Å². The van der Waals surface area contributed by atoms with Gasteiger partial charge in [-0.05, 0) is 97.5 Å². The highest BCUT2D eigenvalue weighted by Crippen LogP contribution is 2.47. The molecule has 2 aliphatic carbocycles. The maximum absolute atomic E-state index is 14.4. The summed E-state index contributed by atoms with van der Waals surface area (Å²) in [5, 5.41) is 26.8. The molecule has 12 nitrogen and oxygen atoms in total. The third-order valence-corrected chi connectivity index (χ3v) is 13.8. The van der Waals surface area contributed by atoms with Crippen LogP contribution in [0.15, 0.2) is 72.8 Å². The van der Waals surface area contributed by atoms with Gasteiger partial charge in [0.2, 0.25) is 23.5 Å². The number of amides is 1. The van der Waals surface area contributed by atoms with Gasteiger partial charge in [-0.3, -0.25) is 14.5 Å². The van der Waals surface area contributed by atoms with Crippen LogP contribution < -0.4 is 24.8 Å². The zero-order valence-corrected chi connectivity index (χ0v) is 36.8. The van der Waals surface area contributed by atoms with Gasteiger partial charge in [-0.2, -0.15) is 10.2 Å². The van der Waals surface area contributed by atoms with Crippen LogP contribution >= 0.6 is 23.2 Å². The molecular formula is C49H47Cl2FN6O6. The molecule has 0 radical (unpaired) electrons. The number of nitrogens with zero attached hydrogens (tertiary/aromatic N) is 4. The summed E-state index contributed by atoms with van der Waals surface area (Å²) in [6.07, 6.45) is 5.18. The molecule has 3 saturated heterocycles. The van der Waals surface area contributed by atoms with E-state index in [0.717, 1.165) is 58.7 Å². The average Bonchev–Trinajstić information content (AvgIpc) is 3.92. The minimum absolute atomic E-state index is 0.0720. The third kappa shape index (κ3) is 8.84. The highest BCUT2D eigenvalue weighted by Gasteiger charge is 2.49. The Kier molecular flexibility index (Phi) is 12.5. The molecule has 0 spiro atoms. The number of halogens is 3.